The molecule has 144 valence electrons. The van der Waals surface area contributed by atoms with Gasteiger partial charge in [0, 0.05) is 32.4 Å². The topological polar surface area (TPSA) is 53.4 Å². The molecule has 1 aliphatic heterocycles. The normalized spacial score (nSPS) is 17.2. The Hall–Kier alpha value is -2.34. The van der Waals surface area contributed by atoms with Crippen LogP contribution in [0.2, 0.25) is 0 Å². The predicted molar refractivity (Wildman–Crippen MR) is 105 cm³/mol. The fourth-order valence-electron chi connectivity index (χ4n) is 3.83. The Morgan fingerprint density at radius 3 is 2.70 bits per heavy atom. The van der Waals surface area contributed by atoms with E-state index in [-0.39, 0.29) is 6.03 Å². The monoisotopic (exact) mass is 367 g/mol. The third kappa shape index (κ3) is 4.50. The average Bonchev–Trinajstić information content (AvgIpc) is 3.18. The van der Waals surface area contributed by atoms with Gasteiger partial charge in [0.05, 0.1) is 18.6 Å². The molecule has 0 unspecified atom stereocenters. The minimum absolute atomic E-state index is 0.0467. The van der Waals surface area contributed by atoms with Crippen LogP contribution < -0.4 is 5.32 Å². The molecule has 27 heavy (non-hydrogen) atoms. The minimum Gasteiger partial charge on any atom is -0.332 e. The first-order chi connectivity index (χ1) is 13.2. The summed E-state index contributed by atoms with van der Waals surface area (Å²) < 4.78 is 2.19. The summed E-state index contributed by atoms with van der Waals surface area (Å²) in [5.41, 5.74) is 3.63. The molecule has 2 heterocycles. The Bertz CT molecular complexity index is 776. The average molecular weight is 367 g/mol. The van der Waals surface area contributed by atoms with Gasteiger partial charge in [-0.05, 0) is 49.9 Å². The van der Waals surface area contributed by atoms with Gasteiger partial charge in [0.2, 0.25) is 0 Å². The van der Waals surface area contributed by atoms with Gasteiger partial charge in [0.1, 0.15) is 0 Å². The predicted octanol–water partition coefficient (Wildman–Crippen LogP) is 3.16. The number of carbonyl (C=O) groups excluding carboxylic acids is 1. The number of nitrogens with one attached hydrogen (secondary N) is 1. The molecule has 2 fully saturated rings. The van der Waals surface area contributed by atoms with Gasteiger partial charge >= 0.3 is 6.03 Å². The lowest BCUT2D eigenvalue weighted by Gasteiger charge is -2.22. The Kier molecular flexibility index (Phi) is 5.43. The van der Waals surface area contributed by atoms with Crippen molar-refractivity contribution in [2.24, 2.45) is 0 Å². The van der Waals surface area contributed by atoms with Crippen molar-refractivity contribution >= 4 is 6.03 Å². The van der Waals surface area contributed by atoms with Crippen molar-refractivity contribution in [1.82, 2.24) is 24.7 Å². The number of carbonyl (C=O) groups is 1. The molecule has 0 atom stereocenters. The molecule has 6 heteroatoms. The van der Waals surface area contributed by atoms with Crippen LogP contribution in [0.3, 0.4) is 0 Å². The second kappa shape index (κ2) is 8.13. The lowest BCUT2D eigenvalue weighted by atomic mass is 10.1. The lowest BCUT2D eigenvalue weighted by Crippen LogP contribution is -2.37. The first-order valence-electron chi connectivity index (χ1n) is 9.99. The van der Waals surface area contributed by atoms with E-state index in [4.69, 9.17) is 0 Å². The zero-order valence-corrected chi connectivity index (χ0v) is 16.1. The van der Waals surface area contributed by atoms with Gasteiger partial charge in [0.15, 0.2) is 0 Å². The van der Waals surface area contributed by atoms with Crippen LogP contribution in [0, 0.1) is 0 Å². The molecule has 0 radical (unpaired) electrons. The molecule has 1 saturated carbocycles. The van der Waals surface area contributed by atoms with Crippen LogP contribution in [0.1, 0.15) is 48.5 Å². The molecule has 6 nitrogen and oxygen atoms in total. The number of amides is 2. The van der Waals surface area contributed by atoms with Crippen molar-refractivity contribution in [1.29, 1.82) is 0 Å². The molecule has 2 aromatic rings. The number of likely N-dealkylation sites (tertiary alicyclic amines) is 1. The van der Waals surface area contributed by atoms with E-state index in [1.165, 1.54) is 49.9 Å². The maximum atomic E-state index is 12.6. The van der Waals surface area contributed by atoms with Gasteiger partial charge < -0.3 is 14.8 Å². The van der Waals surface area contributed by atoms with Crippen LogP contribution >= 0.6 is 0 Å². The fraction of sp³-hybridized carbons (Fsp3) is 0.524. The van der Waals surface area contributed by atoms with E-state index in [0.29, 0.717) is 19.1 Å². The molecule has 1 N–H and O–H groups in total. The Labute approximate surface area is 161 Å². The van der Waals surface area contributed by atoms with Crippen LogP contribution in [0.25, 0.3) is 0 Å². The number of aromatic nitrogens is 2. The number of rotatable bonds is 7. The van der Waals surface area contributed by atoms with Crippen LogP contribution in [-0.2, 0) is 19.6 Å². The Morgan fingerprint density at radius 2 is 1.96 bits per heavy atom. The van der Waals surface area contributed by atoms with E-state index in [0.717, 1.165) is 12.2 Å². The van der Waals surface area contributed by atoms with E-state index in [1.807, 2.05) is 19.6 Å². The van der Waals surface area contributed by atoms with Gasteiger partial charge in [-0.25, -0.2) is 9.78 Å². The van der Waals surface area contributed by atoms with E-state index in [9.17, 15) is 4.79 Å². The summed E-state index contributed by atoms with van der Waals surface area (Å²) in [7, 11) is 1.86. The summed E-state index contributed by atoms with van der Waals surface area (Å²) >= 11 is 0. The molecule has 1 aliphatic carbocycles. The molecule has 1 aromatic carbocycles. The Morgan fingerprint density at radius 1 is 1.22 bits per heavy atom. The van der Waals surface area contributed by atoms with Crippen LogP contribution in [-0.4, -0.2) is 45.5 Å². The highest BCUT2D eigenvalue weighted by Crippen LogP contribution is 2.35. The second-order valence-electron chi connectivity index (χ2n) is 7.79. The number of nitrogens with zero attached hydrogens (tertiary/aromatic N) is 4. The van der Waals surface area contributed by atoms with Crippen LogP contribution in [0.5, 0.6) is 0 Å². The highest BCUT2D eigenvalue weighted by atomic mass is 16.2. The van der Waals surface area contributed by atoms with Gasteiger partial charge in [-0.2, -0.15) is 0 Å². The third-order valence-corrected chi connectivity index (χ3v) is 5.57. The summed E-state index contributed by atoms with van der Waals surface area (Å²) in [6, 6.07) is 9.01. The number of hydrogen-bond acceptors (Lipinski definition) is 3. The molecule has 2 aliphatic rings. The molecule has 1 saturated heterocycles. The zero-order valence-electron chi connectivity index (χ0n) is 16.1. The van der Waals surface area contributed by atoms with Crippen molar-refractivity contribution in [2.75, 3.05) is 20.1 Å². The molecule has 0 bridgehead atoms. The van der Waals surface area contributed by atoms with Crippen molar-refractivity contribution in [2.45, 2.75) is 51.4 Å². The zero-order chi connectivity index (χ0) is 18.6. The van der Waals surface area contributed by atoms with Crippen molar-refractivity contribution in [3.8, 4) is 0 Å². The maximum absolute atomic E-state index is 12.6. The van der Waals surface area contributed by atoms with Crippen molar-refractivity contribution in [3.63, 3.8) is 0 Å². The van der Waals surface area contributed by atoms with E-state index < -0.39 is 0 Å². The van der Waals surface area contributed by atoms with Gasteiger partial charge in [-0.1, -0.05) is 24.3 Å². The van der Waals surface area contributed by atoms with Gasteiger partial charge in [-0.15, -0.1) is 0 Å². The van der Waals surface area contributed by atoms with Crippen LogP contribution in [0.4, 0.5) is 4.79 Å². The smallest absolute Gasteiger partial charge is 0.317 e. The number of urea groups is 1. The van der Waals surface area contributed by atoms with Gasteiger partial charge in [-0.3, -0.25) is 4.90 Å². The first kappa shape index (κ1) is 18.0. The standard InChI is InChI=1S/C21H29N5O/c1-24(21(27)23-13-20-12-22-16-26(20)19-8-9-19)14-17-6-2-3-7-18(17)15-25-10-4-5-11-25/h2-3,6-7,12,16,19H,4-5,8-11,13-15H2,1H3,(H,23,27). The summed E-state index contributed by atoms with van der Waals surface area (Å²) in [4.78, 5) is 21.1. The molecule has 2 amide bonds. The van der Waals surface area contributed by atoms with Crippen molar-refractivity contribution < 1.29 is 4.79 Å². The second-order valence-corrected chi connectivity index (χ2v) is 7.79. The van der Waals surface area contributed by atoms with E-state index in [1.54, 1.807) is 4.90 Å². The summed E-state index contributed by atoms with van der Waals surface area (Å²) in [6.45, 7) is 4.48. The summed E-state index contributed by atoms with van der Waals surface area (Å²) in [5, 5.41) is 3.04. The largest absolute Gasteiger partial charge is 0.332 e. The number of imidazole rings is 1. The van der Waals surface area contributed by atoms with E-state index in [2.05, 4.69) is 44.0 Å². The maximum Gasteiger partial charge on any atom is 0.317 e. The SMILES string of the molecule is CN(Cc1ccccc1CN1CCCC1)C(=O)NCc1cncn1C1CC1. The van der Waals surface area contributed by atoms with Crippen LogP contribution in [0.15, 0.2) is 36.8 Å². The molecular formula is C21H29N5O. The van der Waals surface area contributed by atoms with E-state index >= 15 is 0 Å². The molecule has 4 rings (SSSR count). The Balaban J connectivity index is 1.33. The van der Waals surface area contributed by atoms with Gasteiger partial charge in [0.25, 0.3) is 0 Å². The number of benzene rings is 1. The molecule has 1 aromatic heterocycles. The summed E-state index contributed by atoms with van der Waals surface area (Å²) in [6.07, 6.45) is 8.74. The third-order valence-electron chi connectivity index (χ3n) is 5.57. The minimum atomic E-state index is -0.0467. The number of hydrogen-bond donors (Lipinski definition) is 1. The van der Waals surface area contributed by atoms with Crippen molar-refractivity contribution in [3.05, 3.63) is 53.6 Å². The lowest BCUT2D eigenvalue weighted by molar-refractivity contribution is 0.206. The molecular weight excluding hydrogens is 338 g/mol. The highest BCUT2D eigenvalue weighted by molar-refractivity contribution is 5.73. The first-order valence-corrected chi connectivity index (χ1v) is 9.99. The quantitative estimate of drug-likeness (QED) is 0.818. The summed E-state index contributed by atoms with van der Waals surface area (Å²) in [5.74, 6) is 0. The fourth-order valence-corrected chi connectivity index (χ4v) is 3.83. The molecule has 0 spiro atoms. The highest BCUT2D eigenvalue weighted by Gasteiger charge is 2.25.